The number of benzene rings is 2. The van der Waals surface area contributed by atoms with E-state index in [2.05, 4.69) is 5.32 Å². The van der Waals surface area contributed by atoms with Crippen molar-refractivity contribution in [2.45, 2.75) is 25.5 Å². The van der Waals surface area contributed by atoms with Crippen molar-refractivity contribution >= 4 is 11.9 Å². The fourth-order valence-electron chi connectivity index (χ4n) is 2.71. The Morgan fingerprint density at radius 2 is 1.86 bits per heavy atom. The lowest BCUT2D eigenvalue weighted by Gasteiger charge is -2.23. The zero-order valence-electron chi connectivity index (χ0n) is 16.3. The molecule has 8 nitrogen and oxygen atoms in total. The van der Waals surface area contributed by atoms with Gasteiger partial charge in [-0.05, 0) is 31.2 Å². The Bertz CT molecular complexity index is 922. The van der Waals surface area contributed by atoms with Gasteiger partial charge in [-0.2, -0.15) is 5.26 Å². The number of para-hydroxylation sites is 1. The van der Waals surface area contributed by atoms with Gasteiger partial charge in [0.2, 0.25) is 0 Å². The Hall–Kier alpha value is -3.73. The largest absolute Gasteiger partial charge is 0.497 e. The standard InChI is InChI=1S/C21H22N2O6/c1-13(29-18-7-5-4-6-14(18)12-22)21(26)23-17(11-20(24)25)16-9-8-15(27-2)10-19(16)28-3/h4-10,13,17H,11H2,1-3H3,(H,23,26)(H,24,25). The molecule has 1 amide bonds. The summed E-state index contributed by atoms with van der Waals surface area (Å²) >= 11 is 0. The van der Waals surface area contributed by atoms with Crippen LogP contribution in [0.4, 0.5) is 0 Å². The maximum Gasteiger partial charge on any atom is 0.305 e. The number of nitriles is 1. The van der Waals surface area contributed by atoms with Crippen LogP contribution in [0, 0.1) is 11.3 Å². The third-order valence-electron chi connectivity index (χ3n) is 4.19. The quantitative estimate of drug-likeness (QED) is 0.667. The van der Waals surface area contributed by atoms with E-state index in [9.17, 15) is 14.7 Å². The highest BCUT2D eigenvalue weighted by atomic mass is 16.5. The van der Waals surface area contributed by atoms with Crippen molar-refractivity contribution in [3.05, 3.63) is 53.6 Å². The summed E-state index contributed by atoms with van der Waals surface area (Å²) in [5.41, 5.74) is 0.791. The molecule has 2 rings (SSSR count). The second kappa shape index (κ2) is 9.99. The van der Waals surface area contributed by atoms with Gasteiger partial charge < -0.3 is 24.6 Å². The predicted molar refractivity (Wildman–Crippen MR) is 104 cm³/mol. The van der Waals surface area contributed by atoms with Crippen LogP contribution in [-0.4, -0.2) is 37.3 Å². The first kappa shape index (κ1) is 21.6. The van der Waals surface area contributed by atoms with Crippen LogP contribution in [0.2, 0.25) is 0 Å². The average Bonchev–Trinajstić information content (AvgIpc) is 2.72. The minimum atomic E-state index is -1.09. The number of carboxylic acids is 1. The molecule has 2 aromatic carbocycles. The summed E-state index contributed by atoms with van der Waals surface area (Å²) in [6.07, 6.45) is -1.30. The highest BCUT2D eigenvalue weighted by Gasteiger charge is 2.25. The molecule has 2 atom stereocenters. The lowest BCUT2D eigenvalue weighted by atomic mass is 10.0. The lowest BCUT2D eigenvalue weighted by molar-refractivity contribution is -0.138. The molecule has 0 aliphatic rings. The summed E-state index contributed by atoms with van der Waals surface area (Å²) in [6, 6.07) is 12.6. The summed E-state index contributed by atoms with van der Waals surface area (Å²) in [4.78, 5) is 24.0. The first-order chi connectivity index (χ1) is 13.9. The van der Waals surface area contributed by atoms with E-state index < -0.39 is 24.0 Å². The SMILES string of the molecule is COc1ccc(C(CC(=O)O)NC(=O)C(C)Oc2ccccc2C#N)c(OC)c1. The second-order valence-corrected chi connectivity index (χ2v) is 6.13. The van der Waals surface area contributed by atoms with E-state index in [-0.39, 0.29) is 12.2 Å². The summed E-state index contributed by atoms with van der Waals surface area (Å²) in [5, 5.41) is 21.1. The first-order valence-corrected chi connectivity index (χ1v) is 8.79. The Kier molecular flexibility index (Phi) is 7.43. The molecule has 0 fully saturated rings. The van der Waals surface area contributed by atoms with Crippen LogP contribution >= 0.6 is 0 Å². The van der Waals surface area contributed by atoms with Gasteiger partial charge in [-0.25, -0.2) is 0 Å². The number of hydrogen-bond donors (Lipinski definition) is 2. The molecule has 0 bridgehead atoms. The van der Waals surface area contributed by atoms with Crippen molar-refractivity contribution < 1.29 is 28.9 Å². The number of hydrogen-bond acceptors (Lipinski definition) is 6. The molecule has 0 saturated carbocycles. The normalized spacial score (nSPS) is 12.2. The Balaban J connectivity index is 2.22. The zero-order chi connectivity index (χ0) is 21.4. The molecule has 2 unspecified atom stereocenters. The average molecular weight is 398 g/mol. The third-order valence-corrected chi connectivity index (χ3v) is 4.19. The van der Waals surface area contributed by atoms with Crippen molar-refractivity contribution in [1.29, 1.82) is 5.26 Å². The van der Waals surface area contributed by atoms with Gasteiger partial charge in [0.15, 0.2) is 6.10 Å². The van der Waals surface area contributed by atoms with Gasteiger partial charge in [0.25, 0.3) is 5.91 Å². The number of carboxylic acid groups (broad SMARTS) is 1. The van der Waals surface area contributed by atoms with Crippen molar-refractivity contribution in [3.8, 4) is 23.3 Å². The molecule has 0 aliphatic carbocycles. The number of aliphatic carboxylic acids is 1. The molecule has 152 valence electrons. The van der Waals surface area contributed by atoms with Gasteiger partial charge in [0.05, 0.1) is 32.2 Å². The van der Waals surface area contributed by atoms with Crippen LogP contribution in [0.5, 0.6) is 17.2 Å². The monoisotopic (exact) mass is 398 g/mol. The van der Waals surface area contributed by atoms with E-state index in [0.717, 1.165) is 0 Å². The van der Waals surface area contributed by atoms with E-state index in [0.29, 0.717) is 22.6 Å². The fourth-order valence-corrected chi connectivity index (χ4v) is 2.71. The second-order valence-electron chi connectivity index (χ2n) is 6.13. The van der Waals surface area contributed by atoms with E-state index >= 15 is 0 Å². The number of nitrogens with one attached hydrogen (secondary N) is 1. The summed E-state index contributed by atoms with van der Waals surface area (Å²) in [7, 11) is 2.95. The summed E-state index contributed by atoms with van der Waals surface area (Å²) in [5.74, 6) is -0.414. The van der Waals surface area contributed by atoms with Crippen molar-refractivity contribution in [2.75, 3.05) is 14.2 Å². The molecule has 2 aromatic rings. The molecule has 2 N–H and O–H groups in total. The fraction of sp³-hybridized carbons (Fsp3) is 0.286. The molecule has 0 saturated heterocycles. The molecular formula is C21H22N2O6. The van der Waals surface area contributed by atoms with Crippen LogP contribution in [-0.2, 0) is 9.59 Å². The summed E-state index contributed by atoms with van der Waals surface area (Å²) in [6.45, 7) is 1.52. The van der Waals surface area contributed by atoms with Crippen LogP contribution in [0.3, 0.4) is 0 Å². The topological polar surface area (TPSA) is 118 Å². The molecule has 0 aromatic heterocycles. The van der Waals surface area contributed by atoms with E-state index in [1.165, 1.54) is 21.1 Å². The van der Waals surface area contributed by atoms with E-state index in [4.69, 9.17) is 19.5 Å². The highest BCUT2D eigenvalue weighted by molar-refractivity contribution is 5.82. The third kappa shape index (κ3) is 5.62. The number of amides is 1. The first-order valence-electron chi connectivity index (χ1n) is 8.79. The highest BCUT2D eigenvalue weighted by Crippen LogP contribution is 2.31. The zero-order valence-corrected chi connectivity index (χ0v) is 16.3. The Labute approximate surface area is 168 Å². The summed E-state index contributed by atoms with van der Waals surface area (Å²) < 4.78 is 16.1. The number of carbonyl (C=O) groups is 2. The lowest BCUT2D eigenvalue weighted by Crippen LogP contribution is -2.39. The van der Waals surface area contributed by atoms with Crippen molar-refractivity contribution in [3.63, 3.8) is 0 Å². The number of nitrogens with zero attached hydrogens (tertiary/aromatic N) is 1. The number of methoxy groups -OCH3 is 2. The van der Waals surface area contributed by atoms with Crippen LogP contribution in [0.1, 0.15) is 30.5 Å². The Morgan fingerprint density at radius 3 is 2.48 bits per heavy atom. The molecule has 0 spiro atoms. The van der Waals surface area contributed by atoms with Gasteiger partial charge in [0, 0.05) is 11.6 Å². The number of ether oxygens (including phenoxy) is 3. The molecule has 0 aliphatic heterocycles. The van der Waals surface area contributed by atoms with Crippen LogP contribution in [0.25, 0.3) is 0 Å². The van der Waals surface area contributed by atoms with Crippen LogP contribution < -0.4 is 19.5 Å². The smallest absolute Gasteiger partial charge is 0.305 e. The molecular weight excluding hydrogens is 376 g/mol. The van der Waals surface area contributed by atoms with E-state index in [1.807, 2.05) is 6.07 Å². The Morgan fingerprint density at radius 1 is 1.14 bits per heavy atom. The number of carbonyl (C=O) groups excluding carboxylic acids is 1. The van der Waals surface area contributed by atoms with Gasteiger partial charge in [-0.15, -0.1) is 0 Å². The predicted octanol–water partition coefficient (Wildman–Crippen LogP) is 2.67. The minimum absolute atomic E-state index is 0.273. The molecule has 0 heterocycles. The van der Waals surface area contributed by atoms with E-state index in [1.54, 1.807) is 42.5 Å². The van der Waals surface area contributed by atoms with Crippen molar-refractivity contribution in [2.24, 2.45) is 0 Å². The van der Waals surface area contributed by atoms with Gasteiger partial charge in [0.1, 0.15) is 23.3 Å². The van der Waals surface area contributed by atoms with Crippen LogP contribution in [0.15, 0.2) is 42.5 Å². The molecule has 29 heavy (non-hydrogen) atoms. The molecule has 0 radical (unpaired) electrons. The maximum atomic E-state index is 12.7. The van der Waals surface area contributed by atoms with Gasteiger partial charge >= 0.3 is 5.97 Å². The number of rotatable bonds is 9. The molecule has 8 heteroatoms. The maximum absolute atomic E-state index is 12.7. The van der Waals surface area contributed by atoms with Gasteiger partial charge in [-0.3, -0.25) is 9.59 Å². The van der Waals surface area contributed by atoms with Crippen molar-refractivity contribution in [1.82, 2.24) is 5.32 Å². The minimum Gasteiger partial charge on any atom is -0.497 e. The van der Waals surface area contributed by atoms with Gasteiger partial charge in [-0.1, -0.05) is 12.1 Å².